The van der Waals surface area contributed by atoms with Gasteiger partial charge < -0.3 is 24.3 Å². The fourth-order valence-corrected chi connectivity index (χ4v) is 3.38. The Kier molecular flexibility index (Phi) is 10.0. The average Bonchev–Trinajstić information content (AvgIpc) is 3.45. The molecule has 2 aromatic carbocycles. The van der Waals surface area contributed by atoms with E-state index in [9.17, 15) is 4.79 Å². The quantitative estimate of drug-likeness (QED) is 0.345. The highest BCUT2D eigenvalue weighted by Gasteiger charge is 2.14. The minimum atomic E-state index is 0.420. The van der Waals surface area contributed by atoms with Crippen LogP contribution >= 0.6 is 0 Å². The molecule has 2 heterocycles. The van der Waals surface area contributed by atoms with Crippen molar-refractivity contribution < 1.29 is 18.8 Å². The third-order valence-electron chi connectivity index (χ3n) is 4.83. The summed E-state index contributed by atoms with van der Waals surface area (Å²) in [6.45, 7) is 8.85. The summed E-state index contributed by atoms with van der Waals surface area (Å²) in [6, 6.07) is 18.5. The fraction of sp³-hybridized carbons (Fsp3) is 0.308. The summed E-state index contributed by atoms with van der Waals surface area (Å²) in [7, 11) is 1.68. The van der Waals surface area contributed by atoms with Crippen molar-refractivity contribution in [3.63, 3.8) is 0 Å². The summed E-state index contributed by atoms with van der Waals surface area (Å²) in [5.41, 5.74) is 11.1. The van der Waals surface area contributed by atoms with Gasteiger partial charge in [0.1, 0.15) is 5.75 Å². The third kappa shape index (κ3) is 6.16. The first-order chi connectivity index (χ1) is 16.1. The van der Waals surface area contributed by atoms with Crippen molar-refractivity contribution in [2.24, 2.45) is 0 Å². The first-order valence-corrected chi connectivity index (χ1v) is 11.2. The van der Waals surface area contributed by atoms with Crippen LogP contribution in [0.4, 0.5) is 5.82 Å². The third-order valence-corrected chi connectivity index (χ3v) is 4.83. The number of hydrogen-bond donors (Lipinski definition) is 1. The van der Waals surface area contributed by atoms with Gasteiger partial charge in [0.05, 0.1) is 24.8 Å². The molecule has 0 radical (unpaired) electrons. The van der Waals surface area contributed by atoms with Crippen molar-refractivity contribution >= 4 is 23.3 Å². The lowest BCUT2D eigenvalue weighted by molar-refractivity contribution is -0.128. The van der Waals surface area contributed by atoms with Gasteiger partial charge in [-0.05, 0) is 67.4 Å². The van der Waals surface area contributed by atoms with E-state index < -0.39 is 0 Å². The summed E-state index contributed by atoms with van der Waals surface area (Å²) >= 11 is 0. The number of nitrogen functional groups attached to an aromatic ring is 1. The molecular weight excluding hydrogens is 418 g/mol. The standard InChI is InChI=1S/C21H21N3O2.C3H6O2.C2H6/c1-3-4-15-8-12-19(14-5-9-17(25-2)10-6-14)24(15)16-7-11-18-20(13-16)26-23-21(18)22;1-2-5-3-4;1-2/h5-13H,3-4H2,1-2H3,(H2,22,23);3H,2H2,1H3;1-2H3. The number of nitrogens with two attached hydrogens (primary N) is 1. The molecule has 33 heavy (non-hydrogen) atoms. The monoisotopic (exact) mass is 451 g/mol. The summed E-state index contributed by atoms with van der Waals surface area (Å²) in [6.07, 6.45) is 2.07. The second kappa shape index (κ2) is 13.0. The number of rotatable bonds is 7. The number of methoxy groups -OCH3 is 1. The second-order valence-electron chi connectivity index (χ2n) is 6.82. The van der Waals surface area contributed by atoms with E-state index in [2.05, 4.69) is 51.7 Å². The molecule has 0 unspecified atom stereocenters. The summed E-state index contributed by atoms with van der Waals surface area (Å²) in [5.74, 6) is 1.27. The van der Waals surface area contributed by atoms with Crippen molar-refractivity contribution in [1.29, 1.82) is 0 Å². The molecule has 2 aromatic heterocycles. The van der Waals surface area contributed by atoms with Crippen molar-refractivity contribution in [3.05, 3.63) is 60.3 Å². The molecule has 0 fully saturated rings. The highest BCUT2D eigenvalue weighted by molar-refractivity contribution is 5.88. The van der Waals surface area contributed by atoms with Crippen LogP contribution in [0.1, 0.15) is 39.8 Å². The lowest BCUT2D eigenvalue weighted by Gasteiger charge is -2.14. The van der Waals surface area contributed by atoms with Crippen molar-refractivity contribution in [1.82, 2.24) is 9.72 Å². The molecule has 0 aliphatic heterocycles. The van der Waals surface area contributed by atoms with E-state index in [-0.39, 0.29) is 0 Å². The van der Waals surface area contributed by atoms with Gasteiger partial charge in [0.2, 0.25) is 0 Å². The van der Waals surface area contributed by atoms with E-state index in [4.69, 9.17) is 15.0 Å². The number of aromatic nitrogens is 2. The Morgan fingerprint density at radius 2 is 1.79 bits per heavy atom. The Morgan fingerprint density at radius 1 is 1.06 bits per heavy atom. The van der Waals surface area contributed by atoms with E-state index in [0.717, 1.165) is 40.9 Å². The van der Waals surface area contributed by atoms with Crippen molar-refractivity contribution in [3.8, 4) is 22.7 Å². The van der Waals surface area contributed by atoms with Gasteiger partial charge in [-0.1, -0.05) is 32.3 Å². The van der Waals surface area contributed by atoms with Gasteiger partial charge in [-0.2, -0.15) is 0 Å². The highest BCUT2D eigenvalue weighted by Crippen LogP contribution is 2.31. The molecule has 4 rings (SSSR count). The number of ether oxygens (including phenoxy) is 2. The fourth-order valence-electron chi connectivity index (χ4n) is 3.38. The summed E-state index contributed by atoms with van der Waals surface area (Å²) < 4.78 is 17.1. The smallest absolute Gasteiger partial charge is 0.293 e. The minimum absolute atomic E-state index is 0.420. The predicted octanol–water partition coefficient (Wildman–Crippen LogP) is 6.03. The molecule has 0 spiro atoms. The van der Waals surface area contributed by atoms with Crippen LogP contribution in [0.25, 0.3) is 27.9 Å². The van der Waals surface area contributed by atoms with Crippen molar-refractivity contribution in [2.75, 3.05) is 19.5 Å². The van der Waals surface area contributed by atoms with Crippen molar-refractivity contribution in [2.45, 2.75) is 40.5 Å². The molecule has 0 atom stereocenters. The second-order valence-corrected chi connectivity index (χ2v) is 6.82. The Balaban J connectivity index is 0.000000489. The van der Waals surface area contributed by atoms with E-state index in [1.807, 2.05) is 38.1 Å². The first kappa shape index (κ1) is 25.5. The molecular formula is C26H33N3O4. The van der Waals surface area contributed by atoms with Gasteiger partial charge in [0.15, 0.2) is 11.4 Å². The average molecular weight is 452 g/mol. The zero-order valence-corrected chi connectivity index (χ0v) is 20.0. The largest absolute Gasteiger partial charge is 0.497 e. The van der Waals surface area contributed by atoms with Crippen LogP contribution in [-0.2, 0) is 16.0 Å². The predicted molar refractivity (Wildman–Crippen MR) is 133 cm³/mol. The summed E-state index contributed by atoms with van der Waals surface area (Å²) in [4.78, 5) is 9.18. The normalized spacial score (nSPS) is 9.97. The number of nitrogens with zero attached hydrogens (tertiary/aromatic N) is 2. The van der Waals surface area contributed by atoms with Gasteiger partial charge in [0.25, 0.3) is 6.47 Å². The number of carbonyl (C=O) groups excluding carboxylic acids is 1. The molecule has 0 aliphatic rings. The lowest BCUT2D eigenvalue weighted by atomic mass is 10.1. The minimum Gasteiger partial charge on any atom is -0.497 e. The highest BCUT2D eigenvalue weighted by atomic mass is 16.5. The van der Waals surface area contributed by atoms with Gasteiger partial charge in [-0.25, -0.2) is 0 Å². The molecule has 176 valence electrons. The zero-order valence-electron chi connectivity index (χ0n) is 20.0. The molecule has 0 amide bonds. The topological polar surface area (TPSA) is 92.5 Å². The first-order valence-electron chi connectivity index (χ1n) is 11.2. The molecule has 2 N–H and O–H groups in total. The van der Waals surface area contributed by atoms with Gasteiger partial charge >= 0.3 is 0 Å². The molecule has 0 saturated carbocycles. The maximum Gasteiger partial charge on any atom is 0.293 e. The SMILES string of the molecule is CC.CCCc1ccc(-c2ccc(OC)cc2)n1-c1ccc2c(N)noc2c1.CCOC=O. The van der Waals surface area contributed by atoms with E-state index >= 15 is 0 Å². The van der Waals surface area contributed by atoms with Gasteiger partial charge in [-0.15, -0.1) is 0 Å². The summed E-state index contributed by atoms with van der Waals surface area (Å²) in [5, 5.41) is 4.69. The number of fused-ring (bicyclic) bond motifs is 1. The molecule has 7 nitrogen and oxygen atoms in total. The van der Waals surface area contributed by atoms with Crippen LogP contribution in [0.2, 0.25) is 0 Å². The Labute approximate surface area is 195 Å². The maximum atomic E-state index is 9.18. The lowest BCUT2D eigenvalue weighted by Crippen LogP contribution is -2.02. The number of benzene rings is 2. The number of anilines is 1. The Bertz CT molecular complexity index is 1130. The van der Waals surface area contributed by atoms with E-state index in [1.165, 1.54) is 5.69 Å². The Morgan fingerprint density at radius 3 is 2.36 bits per heavy atom. The van der Waals surface area contributed by atoms with E-state index in [1.54, 1.807) is 14.0 Å². The molecule has 0 aliphatic carbocycles. The number of hydrogen-bond acceptors (Lipinski definition) is 6. The molecule has 4 aromatic rings. The van der Waals surface area contributed by atoms with Crippen LogP contribution in [-0.4, -0.2) is 29.9 Å². The van der Waals surface area contributed by atoms with Gasteiger partial charge in [0, 0.05) is 17.4 Å². The number of carbonyl (C=O) groups is 1. The van der Waals surface area contributed by atoms with Crippen LogP contribution in [0.15, 0.2) is 59.1 Å². The maximum absolute atomic E-state index is 9.18. The van der Waals surface area contributed by atoms with Crippen LogP contribution in [0.5, 0.6) is 5.75 Å². The van der Waals surface area contributed by atoms with Gasteiger partial charge in [-0.3, -0.25) is 4.79 Å². The van der Waals surface area contributed by atoms with Crippen LogP contribution in [0.3, 0.4) is 0 Å². The number of aryl methyl sites for hydroxylation is 1. The Hall–Kier alpha value is -3.74. The van der Waals surface area contributed by atoms with E-state index in [0.29, 0.717) is 24.5 Å². The van der Waals surface area contributed by atoms with Crippen LogP contribution < -0.4 is 10.5 Å². The molecule has 0 saturated heterocycles. The molecule has 0 bridgehead atoms. The van der Waals surface area contributed by atoms with Crippen LogP contribution in [0, 0.1) is 0 Å². The zero-order chi connectivity index (χ0) is 24.2. The molecule has 7 heteroatoms.